The number of benzene rings is 2. The highest BCUT2D eigenvalue weighted by Crippen LogP contribution is 2.31. The van der Waals surface area contributed by atoms with Gasteiger partial charge in [0.05, 0.1) is 24.6 Å². The minimum absolute atomic E-state index is 0.279. The van der Waals surface area contributed by atoms with Gasteiger partial charge in [0.2, 0.25) is 5.91 Å². The monoisotopic (exact) mass is 394 g/mol. The molecular formula is C22H22N2O5. The summed E-state index contributed by atoms with van der Waals surface area (Å²) in [4.78, 5) is 36.4. The molecule has 3 N–H and O–H groups in total. The zero-order valence-electron chi connectivity index (χ0n) is 15.9. The summed E-state index contributed by atoms with van der Waals surface area (Å²) < 4.78 is 5.34. The lowest BCUT2D eigenvalue weighted by atomic mass is 9.82. The highest BCUT2D eigenvalue weighted by molar-refractivity contribution is 6.05. The van der Waals surface area contributed by atoms with Crippen LogP contribution in [0.15, 0.2) is 60.7 Å². The first-order valence-electron chi connectivity index (χ1n) is 9.22. The third-order valence-corrected chi connectivity index (χ3v) is 4.84. The summed E-state index contributed by atoms with van der Waals surface area (Å²) in [6, 6.07) is 13.6. The zero-order chi connectivity index (χ0) is 20.8. The largest absolute Gasteiger partial charge is 0.494 e. The second-order valence-corrected chi connectivity index (χ2v) is 6.72. The fourth-order valence-electron chi connectivity index (χ4n) is 3.27. The molecule has 0 aromatic heterocycles. The number of methoxy groups -OCH3 is 1. The molecule has 0 heterocycles. The zero-order valence-corrected chi connectivity index (χ0v) is 15.9. The summed E-state index contributed by atoms with van der Waals surface area (Å²) >= 11 is 0. The normalized spacial score (nSPS) is 18.0. The van der Waals surface area contributed by atoms with Gasteiger partial charge in [-0.3, -0.25) is 14.4 Å². The molecule has 0 unspecified atom stereocenters. The number of allylic oxidation sites excluding steroid dienone is 2. The summed E-state index contributed by atoms with van der Waals surface area (Å²) in [6.45, 7) is 0. The number of anilines is 2. The van der Waals surface area contributed by atoms with E-state index in [0.717, 1.165) is 0 Å². The Hall–Kier alpha value is -3.61. The molecule has 150 valence electrons. The molecule has 29 heavy (non-hydrogen) atoms. The number of carboxylic acid groups (broad SMARTS) is 1. The third kappa shape index (κ3) is 4.82. The Morgan fingerprint density at radius 2 is 1.66 bits per heavy atom. The maximum Gasteiger partial charge on any atom is 0.307 e. The second-order valence-electron chi connectivity index (χ2n) is 6.72. The van der Waals surface area contributed by atoms with Crippen LogP contribution in [-0.2, 0) is 9.59 Å². The maximum atomic E-state index is 12.6. The molecule has 1 aliphatic carbocycles. The molecule has 2 aromatic carbocycles. The lowest BCUT2D eigenvalue weighted by Gasteiger charge is -2.24. The van der Waals surface area contributed by atoms with Crippen LogP contribution < -0.4 is 15.4 Å². The van der Waals surface area contributed by atoms with Crippen LogP contribution in [0.3, 0.4) is 0 Å². The third-order valence-electron chi connectivity index (χ3n) is 4.84. The Morgan fingerprint density at radius 3 is 2.31 bits per heavy atom. The van der Waals surface area contributed by atoms with E-state index < -0.39 is 17.8 Å². The average Bonchev–Trinajstić information content (AvgIpc) is 2.75. The van der Waals surface area contributed by atoms with E-state index >= 15 is 0 Å². The van der Waals surface area contributed by atoms with Gasteiger partial charge < -0.3 is 20.5 Å². The molecule has 2 aromatic rings. The fourth-order valence-corrected chi connectivity index (χ4v) is 3.27. The minimum Gasteiger partial charge on any atom is -0.494 e. The lowest BCUT2D eigenvalue weighted by Crippen LogP contribution is -2.34. The number of nitrogens with one attached hydrogen (secondary N) is 2. The van der Waals surface area contributed by atoms with E-state index in [9.17, 15) is 19.5 Å². The van der Waals surface area contributed by atoms with Gasteiger partial charge in [-0.2, -0.15) is 0 Å². The SMILES string of the molecule is COc1cc(NC(=O)[C@H]2CC=CC[C@@H]2C(=O)O)ccc1NC(=O)c1ccccc1. The highest BCUT2D eigenvalue weighted by atomic mass is 16.5. The van der Waals surface area contributed by atoms with Crippen molar-refractivity contribution in [3.05, 3.63) is 66.2 Å². The molecule has 1 aliphatic rings. The van der Waals surface area contributed by atoms with Gasteiger partial charge in [0.15, 0.2) is 0 Å². The van der Waals surface area contributed by atoms with E-state index in [0.29, 0.717) is 35.5 Å². The van der Waals surface area contributed by atoms with Gasteiger partial charge in [-0.05, 0) is 37.1 Å². The van der Waals surface area contributed by atoms with E-state index in [1.807, 2.05) is 12.1 Å². The molecule has 0 saturated carbocycles. The summed E-state index contributed by atoms with van der Waals surface area (Å²) in [5.41, 5.74) is 1.43. The van der Waals surface area contributed by atoms with E-state index in [2.05, 4.69) is 10.6 Å². The molecule has 7 heteroatoms. The van der Waals surface area contributed by atoms with Gasteiger partial charge >= 0.3 is 5.97 Å². The predicted octanol–water partition coefficient (Wildman–Crippen LogP) is 3.55. The second kappa shape index (κ2) is 9.05. The number of amides is 2. The molecule has 0 spiro atoms. The summed E-state index contributed by atoms with van der Waals surface area (Å²) in [5, 5.41) is 14.9. The Morgan fingerprint density at radius 1 is 0.966 bits per heavy atom. The van der Waals surface area contributed by atoms with E-state index in [1.54, 1.807) is 48.5 Å². The van der Waals surface area contributed by atoms with Gasteiger partial charge in [0.1, 0.15) is 5.75 Å². The molecule has 0 radical (unpaired) electrons. The fraction of sp³-hybridized carbons (Fsp3) is 0.227. The topological polar surface area (TPSA) is 105 Å². The number of carbonyl (C=O) groups excluding carboxylic acids is 2. The van der Waals surface area contributed by atoms with Gasteiger partial charge in [0, 0.05) is 17.3 Å². The Balaban J connectivity index is 1.73. The van der Waals surface area contributed by atoms with Crippen molar-refractivity contribution in [2.45, 2.75) is 12.8 Å². The quantitative estimate of drug-likeness (QED) is 0.650. The van der Waals surface area contributed by atoms with Gasteiger partial charge in [-0.15, -0.1) is 0 Å². The molecular weight excluding hydrogens is 372 g/mol. The number of rotatable bonds is 6. The number of ether oxygens (including phenoxy) is 1. The standard InChI is InChI=1S/C22H22N2O5/c1-29-19-13-15(23-21(26)16-9-5-6-10-17(16)22(27)28)11-12-18(19)24-20(25)14-7-3-2-4-8-14/h2-8,11-13,16-17H,9-10H2,1H3,(H,23,26)(H,24,25)(H,27,28)/t16-,17-/m0/s1. The van der Waals surface area contributed by atoms with Crippen LogP contribution >= 0.6 is 0 Å². The molecule has 7 nitrogen and oxygen atoms in total. The maximum absolute atomic E-state index is 12.6. The smallest absolute Gasteiger partial charge is 0.307 e. The first-order valence-corrected chi connectivity index (χ1v) is 9.22. The Kier molecular flexibility index (Phi) is 6.29. The van der Waals surface area contributed by atoms with Crippen molar-refractivity contribution in [2.24, 2.45) is 11.8 Å². The van der Waals surface area contributed by atoms with Crippen LogP contribution in [0.25, 0.3) is 0 Å². The van der Waals surface area contributed by atoms with E-state index in [1.165, 1.54) is 7.11 Å². The summed E-state index contributed by atoms with van der Waals surface area (Å²) in [5.74, 6) is -2.62. The minimum atomic E-state index is -0.981. The van der Waals surface area contributed by atoms with Crippen LogP contribution in [0, 0.1) is 11.8 Å². The number of carbonyl (C=O) groups is 3. The van der Waals surface area contributed by atoms with Crippen molar-refractivity contribution < 1.29 is 24.2 Å². The van der Waals surface area contributed by atoms with Crippen LogP contribution in [0.5, 0.6) is 5.75 Å². The molecule has 0 saturated heterocycles. The van der Waals surface area contributed by atoms with Gasteiger partial charge in [-0.1, -0.05) is 30.4 Å². The van der Waals surface area contributed by atoms with Crippen molar-refractivity contribution >= 4 is 29.2 Å². The molecule has 0 aliphatic heterocycles. The molecule has 2 atom stereocenters. The highest BCUT2D eigenvalue weighted by Gasteiger charge is 2.34. The van der Waals surface area contributed by atoms with Gasteiger partial charge in [-0.25, -0.2) is 0 Å². The molecule has 0 fully saturated rings. The van der Waals surface area contributed by atoms with E-state index in [4.69, 9.17) is 4.74 Å². The van der Waals surface area contributed by atoms with Gasteiger partial charge in [0.25, 0.3) is 5.91 Å². The predicted molar refractivity (Wildman–Crippen MR) is 109 cm³/mol. The first kappa shape index (κ1) is 20.1. The number of carboxylic acids is 1. The van der Waals surface area contributed by atoms with Crippen LogP contribution in [0.2, 0.25) is 0 Å². The number of aliphatic carboxylic acids is 1. The Bertz CT molecular complexity index is 939. The number of hydrogen-bond acceptors (Lipinski definition) is 4. The van der Waals surface area contributed by atoms with Crippen molar-refractivity contribution in [3.8, 4) is 5.75 Å². The van der Waals surface area contributed by atoms with Crippen molar-refractivity contribution in [1.82, 2.24) is 0 Å². The lowest BCUT2D eigenvalue weighted by molar-refractivity contribution is -0.146. The van der Waals surface area contributed by atoms with Crippen molar-refractivity contribution in [2.75, 3.05) is 17.7 Å². The van der Waals surface area contributed by atoms with Crippen LogP contribution in [0.1, 0.15) is 23.2 Å². The molecule has 0 bridgehead atoms. The first-order chi connectivity index (χ1) is 14.0. The number of hydrogen-bond donors (Lipinski definition) is 3. The molecule has 3 rings (SSSR count). The Labute approximate surface area is 168 Å². The summed E-state index contributed by atoms with van der Waals surface area (Å²) in [7, 11) is 1.46. The van der Waals surface area contributed by atoms with Crippen molar-refractivity contribution in [1.29, 1.82) is 0 Å². The van der Waals surface area contributed by atoms with E-state index in [-0.39, 0.29) is 11.8 Å². The summed E-state index contributed by atoms with van der Waals surface area (Å²) in [6.07, 6.45) is 4.33. The van der Waals surface area contributed by atoms with Crippen LogP contribution in [-0.4, -0.2) is 30.0 Å². The average molecular weight is 394 g/mol. The van der Waals surface area contributed by atoms with Crippen LogP contribution in [0.4, 0.5) is 11.4 Å². The van der Waals surface area contributed by atoms with Crippen molar-refractivity contribution in [3.63, 3.8) is 0 Å². The molecule has 2 amide bonds.